The first kappa shape index (κ1) is 16.3. The van der Waals surface area contributed by atoms with E-state index in [0.29, 0.717) is 24.3 Å². The highest BCUT2D eigenvalue weighted by Gasteiger charge is 2.54. The van der Waals surface area contributed by atoms with Crippen molar-refractivity contribution < 1.29 is 19.4 Å². The van der Waals surface area contributed by atoms with E-state index in [0.717, 1.165) is 0 Å². The lowest BCUT2D eigenvalue weighted by molar-refractivity contribution is -0.323. The maximum absolute atomic E-state index is 12.5. The van der Waals surface area contributed by atoms with Gasteiger partial charge in [-0.2, -0.15) is 0 Å². The van der Waals surface area contributed by atoms with E-state index in [4.69, 9.17) is 4.74 Å². The molecule has 0 heterocycles. The van der Waals surface area contributed by atoms with E-state index >= 15 is 0 Å². The molecule has 1 aromatic rings. The second kappa shape index (κ2) is 5.63. The number of nitrogens with one attached hydrogen (secondary N) is 1. The zero-order chi connectivity index (χ0) is 16.5. The molecule has 2 atom stereocenters. The lowest BCUT2D eigenvalue weighted by atomic mass is 9.65. The standard InChI is InChI=1S/C17H23NO4/c1-16(2)13(9-10-17(16,3)15(20)21)14(19)18-11-5-7-12(22-4)8-6-11/h5-8,13H,9-10H2,1-4H3,(H,18,19)(H,20,21)/p-1/t13-,17-/m0/s1. The summed E-state index contributed by atoms with van der Waals surface area (Å²) in [5, 5.41) is 14.3. The number of carbonyl (C=O) groups excluding carboxylic acids is 2. The van der Waals surface area contributed by atoms with Crippen molar-refractivity contribution in [2.24, 2.45) is 16.7 Å². The van der Waals surface area contributed by atoms with Crippen LogP contribution in [0.15, 0.2) is 24.3 Å². The molecule has 0 spiro atoms. The highest BCUT2D eigenvalue weighted by Crippen LogP contribution is 2.55. The van der Waals surface area contributed by atoms with Gasteiger partial charge >= 0.3 is 0 Å². The predicted octanol–water partition coefficient (Wildman–Crippen LogP) is 1.83. The van der Waals surface area contributed by atoms with E-state index < -0.39 is 16.8 Å². The Morgan fingerprint density at radius 3 is 2.27 bits per heavy atom. The fourth-order valence-electron chi connectivity index (χ4n) is 3.23. The van der Waals surface area contributed by atoms with Crippen LogP contribution in [0, 0.1) is 16.7 Å². The monoisotopic (exact) mass is 304 g/mol. The number of anilines is 1. The molecule has 22 heavy (non-hydrogen) atoms. The second-order valence-electron chi connectivity index (χ2n) is 6.65. The van der Waals surface area contributed by atoms with E-state index in [-0.39, 0.29) is 11.8 Å². The number of carboxylic acids is 1. The molecule has 0 unspecified atom stereocenters. The fourth-order valence-corrected chi connectivity index (χ4v) is 3.23. The molecular weight excluding hydrogens is 282 g/mol. The minimum absolute atomic E-state index is 0.153. The fraction of sp³-hybridized carbons (Fsp3) is 0.529. The van der Waals surface area contributed by atoms with Crippen LogP contribution in [0.4, 0.5) is 5.69 Å². The van der Waals surface area contributed by atoms with Gasteiger partial charge in [0.1, 0.15) is 5.75 Å². The molecule has 1 aliphatic carbocycles. The van der Waals surface area contributed by atoms with Crippen molar-refractivity contribution in [2.45, 2.75) is 33.6 Å². The van der Waals surface area contributed by atoms with Crippen LogP contribution >= 0.6 is 0 Å². The second-order valence-corrected chi connectivity index (χ2v) is 6.65. The van der Waals surface area contributed by atoms with Gasteiger partial charge in [0.05, 0.1) is 7.11 Å². The van der Waals surface area contributed by atoms with E-state index in [1.54, 1.807) is 38.3 Å². The zero-order valence-corrected chi connectivity index (χ0v) is 13.4. The summed E-state index contributed by atoms with van der Waals surface area (Å²) in [6, 6.07) is 7.05. The summed E-state index contributed by atoms with van der Waals surface area (Å²) in [7, 11) is 1.58. The van der Waals surface area contributed by atoms with Crippen molar-refractivity contribution >= 4 is 17.6 Å². The van der Waals surface area contributed by atoms with Crippen LogP contribution in [0.25, 0.3) is 0 Å². The van der Waals surface area contributed by atoms with Gasteiger partial charge in [-0.3, -0.25) is 4.79 Å². The van der Waals surface area contributed by atoms with Crippen molar-refractivity contribution in [1.82, 2.24) is 0 Å². The third kappa shape index (κ3) is 2.56. The van der Waals surface area contributed by atoms with E-state index in [1.807, 2.05) is 13.8 Å². The van der Waals surface area contributed by atoms with Crippen LogP contribution in [-0.2, 0) is 9.59 Å². The molecule has 1 saturated carbocycles. The van der Waals surface area contributed by atoms with Gasteiger partial charge in [-0.25, -0.2) is 0 Å². The van der Waals surface area contributed by atoms with Gasteiger partial charge in [-0.15, -0.1) is 0 Å². The van der Waals surface area contributed by atoms with Crippen LogP contribution in [0.3, 0.4) is 0 Å². The van der Waals surface area contributed by atoms with Gasteiger partial charge in [0.25, 0.3) is 0 Å². The number of hydrogen-bond acceptors (Lipinski definition) is 4. The topological polar surface area (TPSA) is 78.5 Å². The lowest BCUT2D eigenvalue weighted by Gasteiger charge is -2.41. The van der Waals surface area contributed by atoms with Crippen molar-refractivity contribution in [3.8, 4) is 5.75 Å². The molecule has 5 heteroatoms. The van der Waals surface area contributed by atoms with Crippen molar-refractivity contribution in [1.29, 1.82) is 0 Å². The van der Waals surface area contributed by atoms with Gasteiger partial charge in [0.15, 0.2) is 0 Å². The number of amides is 1. The van der Waals surface area contributed by atoms with Gasteiger partial charge in [-0.05, 0) is 42.5 Å². The molecule has 120 valence electrons. The van der Waals surface area contributed by atoms with Crippen LogP contribution in [-0.4, -0.2) is 19.0 Å². The molecule has 1 aliphatic rings. The van der Waals surface area contributed by atoms with E-state index in [1.165, 1.54) is 0 Å². The van der Waals surface area contributed by atoms with Crippen molar-refractivity contribution in [2.75, 3.05) is 12.4 Å². The van der Waals surface area contributed by atoms with Crippen molar-refractivity contribution in [3.05, 3.63) is 24.3 Å². The molecule has 0 aliphatic heterocycles. The molecule has 1 amide bonds. The summed E-state index contributed by atoms with van der Waals surface area (Å²) in [5.74, 6) is -0.890. The number of hydrogen-bond donors (Lipinski definition) is 1. The average Bonchev–Trinajstić information content (AvgIpc) is 2.71. The molecule has 0 bridgehead atoms. The summed E-state index contributed by atoms with van der Waals surface area (Å²) >= 11 is 0. The third-order valence-corrected chi connectivity index (χ3v) is 5.35. The van der Waals surface area contributed by atoms with Crippen LogP contribution in [0.1, 0.15) is 33.6 Å². The van der Waals surface area contributed by atoms with Crippen LogP contribution in [0.2, 0.25) is 0 Å². The maximum Gasteiger partial charge on any atom is 0.228 e. The van der Waals surface area contributed by atoms with Gasteiger partial charge in [0.2, 0.25) is 5.91 Å². The number of carbonyl (C=O) groups is 2. The number of rotatable bonds is 4. The van der Waals surface area contributed by atoms with Crippen LogP contribution < -0.4 is 15.2 Å². The summed E-state index contributed by atoms with van der Waals surface area (Å²) in [6.07, 6.45) is 0.989. The Labute approximate surface area is 130 Å². The van der Waals surface area contributed by atoms with Gasteiger partial charge in [0, 0.05) is 23.0 Å². The van der Waals surface area contributed by atoms with Crippen molar-refractivity contribution in [3.63, 3.8) is 0 Å². The summed E-state index contributed by atoms with van der Waals surface area (Å²) < 4.78 is 5.08. The molecule has 1 N–H and O–H groups in total. The minimum atomic E-state index is -1.09. The third-order valence-electron chi connectivity index (χ3n) is 5.35. The van der Waals surface area contributed by atoms with Gasteiger partial charge in [-0.1, -0.05) is 20.8 Å². The van der Waals surface area contributed by atoms with Gasteiger partial charge < -0.3 is 20.0 Å². The van der Waals surface area contributed by atoms with E-state index in [9.17, 15) is 14.7 Å². The Hall–Kier alpha value is -2.04. The molecular formula is C17H22NO4-. The Balaban J connectivity index is 2.14. The lowest BCUT2D eigenvalue weighted by Crippen LogP contribution is -2.49. The number of methoxy groups -OCH3 is 1. The molecule has 1 fully saturated rings. The summed E-state index contributed by atoms with van der Waals surface area (Å²) in [6.45, 7) is 5.32. The quantitative estimate of drug-likeness (QED) is 0.920. The first-order valence-electron chi connectivity index (χ1n) is 7.39. The Kier molecular flexibility index (Phi) is 4.18. The number of benzene rings is 1. The molecule has 0 aromatic heterocycles. The predicted molar refractivity (Wildman–Crippen MR) is 81.2 cm³/mol. The normalized spacial score (nSPS) is 26.5. The molecule has 5 nitrogen and oxygen atoms in total. The Morgan fingerprint density at radius 1 is 1.23 bits per heavy atom. The number of carboxylic acid groups (broad SMARTS) is 1. The highest BCUT2D eigenvalue weighted by molar-refractivity contribution is 5.94. The first-order valence-corrected chi connectivity index (χ1v) is 7.39. The molecule has 1 aromatic carbocycles. The zero-order valence-electron chi connectivity index (χ0n) is 13.4. The molecule has 0 saturated heterocycles. The number of ether oxygens (including phenoxy) is 1. The maximum atomic E-state index is 12.5. The SMILES string of the molecule is COc1ccc(NC(=O)[C@@H]2CC[C@@](C)(C(=O)[O-])C2(C)C)cc1. The Bertz CT molecular complexity index is 579. The van der Waals surface area contributed by atoms with Crippen LogP contribution in [0.5, 0.6) is 5.75 Å². The summed E-state index contributed by atoms with van der Waals surface area (Å²) in [4.78, 5) is 24.0. The summed E-state index contributed by atoms with van der Waals surface area (Å²) in [5.41, 5.74) is -0.985. The smallest absolute Gasteiger partial charge is 0.228 e. The average molecular weight is 304 g/mol. The van der Waals surface area contributed by atoms with E-state index in [2.05, 4.69) is 5.32 Å². The highest BCUT2D eigenvalue weighted by atomic mass is 16.5. The first-order chi connectivity index (χ1) is 10.2. The molecule has 2 rings (SSSR count). The minimum Gasteiger partial charge on any atom is -0.550 e. The Morgan fingerprint density at radius 2 is 1.82 bits per heavy atom. The largest absolute Gasteiger partial charge is 0.550 e. The number of aliphatic carboxylic acids is 1. The molecule has 0 radical (unpaired) electrons.